The number of hydrogen-bond acceptors (Lipinski definition) is 6. The van der Waals surface area contributed by atoms with Crippen LogP contribution in [0.4, 0.5) is 11.5 Å². The van der Waals surface area contributed by atoms with E-state index in [0.717, 1.165) is 41.3 Å². The number of ether oxygens (including phenoxy) is 1. The molecular formula is C27H26ClN5O3. The summed E-state index contributed by atoms with van der Waals surface area (Å²) < 4.78 is 5.90. The van der Waals surface area contributed by atoms with Crippen LogP contribution in [0, 0.1) is 0 Å². The van der Waals surface area contributed by atoms with Crippen molar-refractivity contribution in [2.45, 2.75) is 26.3 Å². The summed E-state index contributed by atoms with van der Waals surface area (Å²) in [5, 5.41) is 5.00. The SMILES string of the molecule is CCCCN(C=O)c1ccc(Oc2ncc(Cl)cc2C(=O)NCc2ccc3c(N)nccc3c2)cc1. The number of nitrogens with zero attached hydrogens (tertiary/aromatic N) is 3. The van der Waals surface area contributed by atoms with Gasteiger partial charge in [-0.3, -0.25) is 9.59 Å². The van der Waals surface area contributed by atoms with Crippen LogP contribution < -0.4 is 20.7 Å². The Morgan fingerprint density at radius 2 is 1.94 bits per heavy atom. The van der Waals surface area contributed by atoms with E-state index in [0.29, 0.717) is 23.1 Å². The van der Waals surface area contributed by atoms with Crippen LogP contribution in [0.25, 0.3) is 10.8 Å². The van der Waals surface area contributed by atoms with Gasteiger partial charge in [-0.25, -0.2) is 9.97 Å². The number of nitrogens with two attached hydrogens (primary N) is 1. The van der Waals surface area contributed by atoms with Crippen LogP contribution in [0.1, 0.15) is 35.7 Å². The number of amides is 2. The Labute approximate surface area is 214 Å². The molecule has 2 aromatic carbocycles. The van der Waals surface area contributed by atoms with E-state index < -0.39 is 0 Å². The van der Waals surface area contributed by atoms with Gasteiger partial charge < -0.3 is 20.7 Å². The van der Waals surface area contributed by atoms with Crippen molar-refractivity contribution in [3.63, 3.8) is 0 Å². The first kappa shape index (κ1) is 24.9. The molecule has 8 nitrogen and oxygen atoms in total. The van der Waals surface area contributed by atoms with Gasteiger partial charge in [0.05, 0.1) is 5.02 Å². The molecule has 36 heavy (non-hydrogen) atoms. The molecule has 0 bridgehead atoms. The van der Waals surface area contributed by atoms with Gasteiger partial charge in [0.2, 0.25) is 12.3 Å². The first-order valence-corrected chi connectivity index (χ1v) is 11.9. The fourth-order valence-electron chi connectivity index (χ4n) is 3.70. The smallest absolute Gasteiger partial charge is 0.257 e. The standard InChI is InChI=1S/C27H26ClN5O3/c1-2-3-12-33(17-34)21-5-7-22(8-6-21)36-27-24(14-20(28)16-32-27)26(35)31-15-18-4-9-23-19(13-18)10-11-30-25(23)29/h4-11,13-14,16-17H,2-3,12,15H2,1H3,(H2,29,30)(H,31,35). The average Bonchev–Trinajstić information content (AvgIpc) is 2.89. The summed E-state index contributed by atoms with van der Waals surface area (Å²) in [4.78, 5) is 34.4. The summed E-state index contributed by atoms with van der Waals surface area (Å²) in [6.45, 7) is 3.00. The van der Waals surface area contributed by atoms with E-state index in [1.54, 1.807) is 35.4 Å². The second-order valence-corrected chi connectivity index (χ2v) is 8.63. The molecule has 2 heterocycles. The quantitative estimate of drug-likeness (QED) is 0.282. The molecule has 2 amide bonds. The molecule has 0 saturated carbocycles. The molecule has 9 heteroatoms. The molecule has 3 N–H and O–H groups in total. The van der Waals surface area contributed by atoms with Crippen LogP contribution in [0.5, 0.6) is 11.6 Å². The molecule has 0 aliphatic carbocycles. The summed E-state index contributed by atoms with van der Waals surface area (Å²) in [5.74, 6) is 0.685. The van der Waals surface area contributed by atoms with Gasteiger partial charge in [-0.05, 0) is 59.8 Å². The molecule has 0 fully saturated rings. The minimum absolute atomic E-state index is 0.125. The normalized spacial score (nSPS) is 10.7. The van der Waals surface area contributed by atoms with E-state index in [4.69, 9.17) is 22.1 Å². The number of anilines is 2. The van der Waals surface area contributed by atoms with Gasteiger partial charge in [-0.1, -0.05) is 37.1 Å². The predicted octanol–water partition coefficient (Wildman–Crippen LogP) is 5.35. The molecule has 0 saturated heterocycles. The number of aromatic nitrogens is 2. The summed E-state index contributed by atoms with van der Waals surface area (Å²) in [5.41, 5.74) is 7.79. The zero-order valence-corrected chi connectivity index (χ0v) is 20.5. The van der Waals surface area contributed by atoms with Crippen LogP contribution in [-0.4, -0.2) is 28.8 Å². The molecule has 0 aliphatic heterocycles. The van der Waals surface area contributed by atoms with Crippen LogP contribution in [0.3, 0.4) is 0 Å². The number of nitrogens with one attached hydrogen (secondary N) is 1. The van der Waals surface area contributed by atoms with Crippen molar-refractivity contribution in [2.24, 2.45) is 0 Å². The van der Waals surface area contributed by atoms with Crippen LogP contribution in [-0.2, 0) is 11.3 Å². The lowest BCUT2D eigenvalue weighted by atomic mass is 10.1. The van der Waals surface area contributed by atoms with Gasteiger partial charge in [-0.2, -0.15) is 0 Å². The number of fused-ring (bicyclic) bond motifs is 1. The summed E-state index contributed by atoms with van der Waals surface area (Å²) in [7, 11) is 0. The van der Waals surface area contributed by atoms with Gasteiger partial charge in [0.25, 0.3) is 5.91 Å². The van der Waals surface area contributed by atoms with Crippen molar-refractivity contribution in [1.29, 1.82) is 0 Å². The van der Waals surface area contributed by atoms with Crippen molar-refractivity contribution in [2.75, 3.05) is 17.2 Å². The van der Waals surface area contributed by atoms with E-state index in [-0.39, 0.29) is 23.9 Å². The van der Waals surface area contributed by atoms with Crippen molar-refractivity contribution in [1.82, 2.24) is 15.3 Å². The van der Waals surface area contributed by atoms with Crippen molar-refractivity contribution in [3.05, 3.63) is 83.1 Å². The van der Waals surface area contributed by atoms with E-state index >= 15 is 0 Å². The Kier molecular flexibility index (Phi) is 7.97. The monoisotopic (exact) mass is 503 g/mol. The van der Waals surface area contributed by atoms with E-state index in [1.807, 2.05) is 24.3 Å². The summed E-state index contributed by atoms with van der Waals surface area (Å²) in [6.07, 6.45) is 5.79. The lowest BCUT2D eigenvalue weighted by molar-refractivity contribution is -0.107. The van der Waals surface area contributed by atoms with E-state index in [9.17, 15) is 9.59 Å². The third-order valence-electron chi connectivity index (χ3n) is 5.64. The Morgan fingerprint density at radius 1 is 1.14 bits per heavy atom. The van der Waals surface area contributed by atoms with Crippen LogP contribution >= 0.6 is 11.6 Å². The number of carbonyl (C=O) groups is 2. The second kappa shape index (κ2) is 11.5. The minimum Gasteiger partial charge on any atom is -0.438 e. The topological polar surface area (TPSA) is 110 Å². The fraction of sp³-hybridized carbons (Fsp3) is 0.185. The molecule has 2 aromatic heterocycles. The van der Waals surface area contributed by atoms with Gasteiger partial charge in [0, 0.05) is 36.6 Å². The third-order valence-corrected chi connectivity index (χ3v) is 5.84. The van der Waals surface area contributed by atoms with Crippen LogP contribution in [0.2, 0.25) is 5.02 Å². The van der Waals surface area contributed by atoms with E-state index in [2.05, 4.69) is 22.2 Å². The number of benzene rings is 2. The van der Waals surface area contributed by atoms with E-state index in [1.165, 1.54) is 12.3 Å². The molecule has 0 aliphatic rings. The Morgan fingerprint density at radius 3 is 2.69 bits per heavy atom. The number of halogens is 1. The van der Waals surface area contributed by atoms with Gasteiger partial charge in [0.15, 0.2) is 0 Å². The van der Waals surface area contributed by atoms with Crippen molar-refractivity contribution < 1.29 is 14.3 Å². The maximum atomic E-state index is 13.0. The zero-order chi connectivity index (χ0) is 25.5. The predicted molar refractivity (Wildman–Crippen MR) is 141 cm³/mol. The van der Waals surface area contributed by atoms with Crippen molar-refractivity contribution in [3.8, 4) is 11.6 Å². The molecule has 0 radical (unpaired) electrons. The number of hydrogen-bond donors (Lipinski definition) is 2. The lowest BCUT2D eigenvalue weighted by Crippen LogP contribution is -2.23. The van der Waals surface area contributed by atoms with Gasteiger partial charge in [0.1, 0.15) is 17.1 Å². The zero-order valence-electron chi connectivity index (χ0n) is 19.8. The number of rotatable bonds is 10. The number of unbranched alkanes of at least 4 members (excludes halogenated alkanes) is 1. The Bertz CT molecular complexity index is 1380. The summed E-state index contributed by atoms with van der Waals surface area (Å²) in [6, 6.07) is 16.1. The number of pyridine rings is 2. The van der Waals surface area contributed by atoms with Gasteiger partial charge >= 0.3 is 0 Å². The molecule has 184 valence electrons. The van der Waals surface area contributed by atoms with Gasteiger partial charge in [-0.15, -0.1) is 0 Å². The highest BCUT2D eigenvalue weighted by molar-refractivity contribution is 6.30. The minimum atomic E-state index is -0.377. The van der Waals surface area contributed by atoms with Crippen LogP contribution in [0.15, 0.2) is 67.0 Å². The highest BCUT2D eigenvalue weighted by atomic mass is 35.5. The number of nitrogen functional groups attached to an aromatic ring is 1. The Hall–Kier alpha value is -4.17. The molecule has 0 atom stereocenters. The fourth-order valence-corrected chi connectivity index (χ4v) is 3.86. The number of carbonyl (C=O) groups excluding carboxylic acids is 2. The molecule has 0 spiro atoms. The molecule has 4 aromatic rings. The summed E-state index contributed by atoms with van der Waals surface area (Å²) >= 11 is 6.12. The third kappa shape index (κ3) is 5.90. The highest BCUT2D eigenvalue weighted by Gasteiger charge is 2.16. The highest BCUT2D eigenvalue weighted by Crippen LogP contribution is 2.27. The maximum absolute atomic E-state index is 13.0. The largest absolute Gasteiger partial charge is 0.438 e. The molecular weight excluding hydrogens is 478 g/mol. The Balaban J connectivity index is 1.47. The first-order chi connectivity index (χ1) is 17.5. The lowest BCUT2D eigenvalue weighted by Gasteiger charge is -2.17. The van der Waals surface area contributed by atoms with Crippen molar-refractivity contribution >= 4 is 46.2 Å². The maximum Gasteiger partial charge on any atom is 0.257 e. The molecule has 4 rings (SSSR count). The second-order valence-electron chi connectivity index (χ2n) is 8.19. The first-order valence-electron chi connectivity index (χ1n) is 11.5. The molecule has 0 unspecified atom stereocenters. The average molecular weight is 504 g/mol.